The van der Waals surface area contributed by atoms with Gasteiger partial charge in [0.15, 0.2) is 11.6 Å². The number of aliphatic hydroxyl groups excluding tert-OH is 3. The minimum Gasteiger partial charge on any atom is -0.508 e. The van der Waals surface area contributed by atoms with Crippen LogP contribution in [0.15, 0.2) is 23.2 Å². The van der Waals surface area contributed by atoms with Crippen molar-refractivity contribution in [3.63, 3.8) is 0 Å². The highest BCUT2D eigenvalue weighted by atomic mass is 32.2. The predicted octanol–water partition coefficient (Wildman–Crippen LogP) is -1.02. The van der Waals surface area contributed by atoms with Crippen molar-refractivity contribution in [3.05, 3.63) is 23.8 Å². The van der Waals surface area contributed by atoms with E-state index in [4.69, 9.17) is 4.74 Å². The van der Waals surface area contributed by atoms with Crippen molar-refractivity contribution in [2.45, 2.75) is 153 Å². The molecule has 5 rings (SSSR count). The molecule has 0 aliphatic carbocycles. The Bertz CT molecular complexity index is 2570. The number of nitrogens with one attached hydrogen (secondary N) is 8. The van der Waals surface area contributed by atoms with Crippen LogP contribution in [0.1, 0.15) is 105 Å². The van der Waals surface area contributed by atoms with Crippen molar-refractivity contribution in [3.8, 4) is 5.75 Å². The average Bonchev–Trinajstić information content (AvgIpc) is 3.97. The summed E-state index contributed by atoms with van der Waals surface area (Å²) >= 11 is 0. The first kappa shape index (κ1) is 62.3. The van der Waals surface area contributed by atoms with Crippen molar-refractivity contribution in [1.82, 2.24) is 47.1 Å². The number of unbranched alkanes of at least 4 members (excludes halogenated alkanes) is 3. The third-order valence-corrected chi connectivity index (χ3v) is 15.6. The number of H-pyrrole nitrogens is 1. The Kier molecular flexibility index (Phi) is 22.7. The van der Waals surface area contributed by atoms with Gasteiger partial charge in [-0.15, -0.1) is 0 Å². The summed E-state index contributed by atoms with van der Waals surface area (Å²) in [5.41, 5.74) is -0.288. The lowest BCUT2D eigenvalue weighted by Gasteiger charge is -2.32. The van der Waals surface area contributed by atoms with E-state index < -0.39 is 193 Å². The second-order valence-corrected chi connectivity index (χ2v) is 22.9. The number of ether oxygens (including phenoxy) is 1. The number of hydrogen-bond donors (Lipinski definition) is 12. The number of aromatic hydroxyl groups is 1. The van der Waals surface area contributed by atoms with Gasteiger partial charge in [-0.1, -0.05) is 40.0 Å². The molecule has 26 heteroatoms. The quantitative estimate of drug-likeness (QED) is 0.101. The number of fused-ring (bicyclic) bond motifs is 5. The highest BCUT2D eigenvalue weighted by molar-refractivity contribution is 7.85. The Labute approximate surface area is 454 Å². The lowest BCUT2D eigenvalue weighted by Crippen LogP contribution is -2.56. The molecule has 25 nitrogen and oxygen atoms in total. The lowest BCUT2D eigenvalue weighted by atomic mass is 9.85. The van der Waals surface area contributed by atoms with E-state index in [2.05, 4.69) is 42.2 Å². The first-order valence-electron chi connectivity index (χ1n) is 26.5. The van der Waals surface area contributed by atoms with Crippen LogP contribution in [0.2, 0.25) is 0 Å². The number of aromatic amines is 1. The SMILES string of the molecule is CC[C@H](C)[C@@H]1NC(=O)CNC(=O)C2CC(=O)[C@H]([C@@H](C)[C@@H](O)CO)NC(=O)[C@@H]3CC(O)CN3C(=O)[C@H](CC(=O)NCCCCCCNC(=O)OC(C)(C)C)CC(=O)C(C[S@@](=O)c3[nH]c4cc(O)ccc4c3C2)NC(=O)CNC1=O. The zero-order valence-electron chi connectivity index (χ0n) is 45.1. The number of Topliss-reactive ketones (excluding diaryl/α,β-unsaturated/α-hetero) is 2. The van der Waals surface area contributed by atoms with Gasteiger partial charge in [0.1, 0.15) is 28.5 Å². The van der Waals surface area contributed by atoms with Crippen molar-refractivity contribution < 1.29 is 77.3 Å². The number of amides is 8. The molecule has 12 N–H and O–H groups in total. The van der Waals surface area contributed by atoms with Crippen molar-refractivity contribution in [2.75, 3.05) is 45.1 Å². The van der Waals surface area contributed by atoms with E-state index in [1.165, 1.54) is 25.1 Å². The van der Waals surface area contributed by atoms with Gasteiger partial charge >= 0.3 is 6.09 Å². The molecule has 1 aromatic heterocycles. The standard InChI is InChI=1S/C52H77N9O16S/c1-7-27(2)44-48(73)56-22-42(69)57-36-26-78(76)49-34(33-13-12-31(63)20-35(33)58-49)16-29(46(71)55-23-43(70)59-44)17-39(66)45(28(3)40(67)25-62)60-47(72)37-21-32(64)24-61(37)50(74)30(18-38(36)65)19-41(68)53-14-10-8-9-11-15-54-51(75)77-52(4,5)6/h12-13,20,27-30,32,36-37,40,44-45,58,62-64,67H,7-11,14-19,21-26H2,1-6H3,(H,53,68)(H,54,75)(H,55,71)(H,56,73)(H,57,69)(H,59,70)(H,60,72)/t27-,28-,29?,30-,32?,36?,37-,40-,44-,45-,78+/m0/s1. The maximum atomic E-state index is 14.9. The minimum atomic E-state index is -2.34. The number of carbonyl (C=O) groups is 10. The highest BCUT2D eigenvalue weighted by Crippen LogP contribution is 2.33. The smallest absolute Gasteiger partial charge is 0.407 e. The topological polar surface area (TPSA) is 381 Å². The molecule has 1 fully saturated rings. The largest absolute Gasteiger partial charge is 0.508 e. The molecule has 11 atom stereocenters. The number of nitrogens with zero attached hydrogens (tertiary/aromatic N) is 1. The average molecular weight is 1120 g/mol. The Balaban J connectivity index is 1.58. The molecule has 2 aromatic rings. The van der Waals surface area contributed by atoms with E-state index in [0.29, 0.717) is 44.0 Å². The lowest BCUT2D eigenvalue weighted by molar-refractivity contribution is -0.145. The fraction of sp³-hybridized carbons (Fsp3) is 0.654. The van der Waals surface area contributed by atoms with Gasteiger partial charge in [-0.2, -0.15) is 0 Å². The summed E-state index contributed by atoms with van der Waals surface area (Å²) in [5, 5.41) is 60.8. The molecule has 4 heterocycles. The Morgan fingerprint density at radius 2 is 1.50 bits per heavy atom. The predicted molar refractivity (Wildman–Crippen MR) is 281 cm³/mol. The van der Waals surface area contributed by atoms with Crippen LogP contribution in [0.3, 0.4) is 0 Å². The molecule has 432 valence electrons. The molecular formula is C52H77N9O16S. The number of carbonyl (C=O) groups excluding carboxylic acids is 10. The first-order chi connectivity index (χ1) is 36.8. The fourth-order valence-electron chi connectivity index (χ4n) is 9.65. The van der Waals surface area contributed by atoms with Crippen molar-refractivity contribution in [1.29, 1.82) is 0 Å². The number of ketones is 2. The molecule has 1 aromatic carbocycles. The maximum Gasteiger partial charge on any atom is 0.407 e. The number of aromatic nitrogens is 1. The molecular weight excluding hydrogens is 1040 g/mol. The van der Waals surface area contributed by atoms with E-state index >= 15 is 0 Å². The van der Waals surface area contributed by atoms with Gasteiger partial charge in [0.25, 0.3) is 0 Å². The summed E-state index contributed by atoms with van der Waals surface area (Å²) in [4.78, 5) is 144. The third-order valence-electron chi connectivity index (χ3n) is 14.2. The van der Waals surface area contributed by atoms with Gasteiger partial charge < -0.3 is 72.3 Å². The van der Waals surface area contributed by atoms with Crippen LogP contribution < -0.4 is 37.2 Å². The van der Waals surface area contributed by atoms with Crippen molar-refractivity contribution in [2.24, 2.45) is 23.7 Å². The highest BCUT2D eigenvalue weighted by Gasteiger charge is 2.45. The second-order valence-electron chi connectivity index (χ2n) is 21.5. The number of benzene rings is 1. The van der Waals surface area contributed by atoms with Crippen LogP contribution in [-0.4, -0.2) is 181 Å². The Morgan fingerprint density at radius 1 is 0.846 bits per heavy atom. The number of phenols is 1. The fourth-order valence-corrected chi connectivity index (χ4v) is 11.1. The number of hydrogen-bond acceptors (Lipinski definition) is 16. The molecule has 3 aliphatic rings. The molecule has 2 bridgehead atoms. The first-order valence-corrected chi connectivity index (χ1v) is 27.8. The molecule has 78 heavy (non-hydrogen) atoms. The molecule has 0 saturated carbocycles. The van der Waals surface area contributed by atoms with Gasteiger partial charge in [-0.05, 0) is 63.6 Å². The van der Waals surface area contributed by atoms with E-state index in [1.54, 1.807) is 34.6 Å². The normalized spacial score (nSPS) is 25.8. The van der Waals surface area contributed by atoms with Gasteiger partial charge in [-0.3, -0.25) is 47.4 Å². The molecule has 3 unspecified atom stereocenters. The molecule has 1 saturated heterocycles. The van der Waals surface area contributed by atoms with E-state index in [9.17, 15) is 72.6 Å². The summed E-state index contributed by atoms with van der Waals surface area (Å²) in [6.07, 6.45) is -3.65. The minimum absolute atomic E-state index is 0.105. The second kappa shape index (κ2) is 28.4. The van der Waals surface area contributed by atoms with Crippen LogP contribution >= 0.6 is 0 Å². The summed E-state index contributed by atoms with van der Waals surface area (Å²) < 4.78 is 20.2. The summed E-state index contributed by atoms with van der Waals surface area (Å²) in [6.45, 7) is 7.74. The van der Waals surface area contributed by atoms with Gasteiger partial charge in [0.05, 0.1) is 72.0 Å². The zero-order valence-corrected chi connectivity index (χ0v) is 45.9. The zero-order chi connectivity index (χ0) is 57.6. The number of aliphatic hydroxyl groups is 3. The maximum absolute atomic E-state index is 14.9. The molecule has 0 spiro atoms. The van der Waals surface area contributed by atoms with E-state index in [1.807, 2.05) is 0 Å². The van der Waals surface area contributed by atoms with E-state index in [0.717, 1.165) is 4.90 Å². The Morgan fingerprint density at radius 3 is 2.15 bits per heavy atom. The van der Waals surface area contributed by atoms with Crippen LogP contribution in [0, 0.1) is 23.7 Å². The van der Waals surface area contributed by atoms with Crippen LogP contribution in [-0.2, 0) is 65.1 Å². The summed E-state index contributed by atoms with van der Waals surface area (Å²) in [6, 6.07) is -2.06. The summed E-state index contributed by atoms with van der Waals surface area (Å²) in [7, 11) is -2.34. The number of alkyl carbamates (subject to hydrolysis) is 1. The monoisotopic (exact) mass is 1120 g/mol. The van der Waals surface area contributed by atoms with Crippen LogP contribution in [0.25, 0.3) is 10.9 Å². The van der Waals surface area contributed by atoms with Gasteiger partial charge in [0.2, 0.25) is 41.4 Å². The third kappa shape index (κ3) is 17.5. The van der Waals surface area contributed by atoms with E-state index in [-0.39, 0.29) is 34.8 Å². The Hall–Kier alpha value is -6.51. The van der Waals surface area contributed by atoms with Crippen molar-refractivity contribution >= 4 is 80.7 Å². The van der Waals surface area contributed by atoms with Gasteiger partial charge in [0, 0.05) is 68.6 Å². The van der Waals surface area contributed by atoms with Crippen LogP contribution in [0.4, 0.5) is 4.79 Å². The molecule has 0 radical (unpaired) electrons. The molecule has 8 amide bonds. The number of rotatable bonds is 14. The van der Waals surface area contributed by atoms with Crippen LogP contribution in [0.5, 0.6) is 5.75 Å². The van der Waals surface area contributed by atoms with Gasteiger partial charge in [-0.25, -0.2) is 4.79 Å². The molecule has 3 aliphatic heterocycles. The summed E-state index contributed by atoms with van der Waals surface area (Å²) in [5.74, 6) is -13.5. The number of phenolic OH excluding ortho intramolecular Hbond substituents is 1.